The number of hydrogen-bond donors (Lipinski definition) is 1. The molecule has 3 aromatic rings. The standard InChI is InChI=1S/C20H15N3O3S/c1-12-16(13-7-3-2-4-8-13)21-20(22-17(12)24)27-11-23-18(25)14-9-5-6-10-15(14)19(23)26/h2-10H,11H2,1H3,(H,21,22,24). The van der Waals surface area contributed by atoms with Crippen molar-refractivity contribution in [2.75, 3.05) is 5.88 Å². The van der Waals surface area contributed by atoms with E-state index in [9.17, 15) is 14.4 Å². The molecule has 0 saturated carbocycles. The van der Waals surface area contributed by atoms with Crippen LogP contribution in [0.25, 0.3) is 11.3 Å². The molecule has 7 heteroatoms. The lowest BCUT2D eigenvalue weighted by molar-refractivity contribution is 0.0684. The summed E-state index contributed by atoms with van der Waals surface area (Å²) in [5.41, 5.74) is 2.50. The van der Waals surface area contributed by atoms with Crippen LogP contribution in [0.4, 0.5) is 0 Å². The molecule has 2 amide bonds. The van der Waals surface area contributed by atoms with Crippen molar-refractivity contribution >= 4 is 23.6 Å². The Morgan fingerprint density at radius 3 is 2.15 bits per heavy atom. The Balaban J connectivity index is 1.60. The molecule has 0 saturated heterocycles. The van der Waals surface area contributed by atoms with E-state index >= 15 is 0 Å². The number of thioether (sulfide) groups is 1. The van der Waals surface area contributed by atoms with Crippen molar-refractivity contribution in [1.82, 2.24) is 14.9 Å². The van der Waals surface area contributed by atoms with Crippen molar-refractivity contribution in [2.45, 2.75) is 12.1 Å². The lowest BCUT2D eigenvalue weighted by Crippen LogP contribution is -2.29. The quantitative estimate of drug-likeness (QED) is 0.429. The number of benzene rings is 2. The van der Waals surface area contributed by atoms with Gasteiger partial charge < -0.3 is 4.98 Å². The summed E-state index contributed by atoms with van der Waals surface area (Å²) in [4.78, 5) is 45.5. The minimum absolute atomic E-state index is 0.0760. The third kappa shape index (κ3) is 3.06. The molecule has 2 aromatic carbocycles. The molecule has 0 spiro atoms. The van der Waals surface area contributed by atoms with Crippen LogP contribution in [0, 0.1) is 6.92 Å². The van der Waals surface area contributed by atoms with E-state index in [-0.39, 0.29) is 23.3 Å². The van der Waals surface area contributed by atoms with Gasteiger partial charge in [0.2, 0.25) is 0 Å². The number of imide groups is 1. The fourth-order valence-corrected chi connectivity index (χ4v) is 3.75. The number of H-pyrrole nitrogens is 1. The number of carbonyl (C=O) groups is 2. The van der Waals surface area contributed by atoms with Crippen LogP contribution in [0.5, 0.6) is 0 Å². The zero-order chi connectivity index (χ0) is 19.0. The molecule has 1 aliphatic rings. The fourth-order valence-electron chi connectivity index (χ4n) is 2.94. The maximum atomic E-state index is 12.4. The van der Waals surface area contributed by atoms with Gasteiger partial charge in [-0.3, -0.25) is 19.3 Å². The molecule has 0 atom stereocenters. The fraction of sp³-hybridized carbons (Fsp3) is 0.100. The number of nitrogens with one attached hydrogen (secondary N) is 1. The van der Waals surface area contributed by atoms with Gasteiger partial charge in [0, 0.05) is 11.1 Å². The highest BCUT2D eigenvalue weighted by atomic mass is 32.2. The van der Waals surface area contributed by atoms with Gasteiger partial charge in [-0.2, -0.15) is 0 Å². The van der Waals surface area contributed by atoms with Gasteiger partial charge in [-0.05, 0) is 19.1 Å². The number of fused-ring (bicyclic) bond motifs is 1. The largest absolute Gasteiger partial charge is 0.301 e. The Hall–Kier alpha value is -3.19. The van der Waals surface area contributed by atoms with Gasteiger partial charge in [-0.1, -0.05) is 54.2 Å². The van der Waals surface area contributed by atoms with Crippen molar-refractivity contribution < 1.29 is 9.59 Å². The number of rotatable bonds is 4. The number of carbonyl (C=O) groups excluding carboxylic acids is 2. The van der Waals surface area contributed by atoms with E-state index in [1.807, 2.05) is 30.3 Å². The minimum atomic E-state index is -0.333. The first-order valence-electron chi connectivity index (χ1n) is 8.30. The van der Waals surface area contributed by atoms with Crippen LogP contribution in [-0.4, -0.2) is 32.6 Å². The van der Waals surface area contributed by atoms with Crippen LogP contribution in [0.1, 0.15) is 26.3 Å². The summed E-state index contributed by atoms with van der Waals surface area (Å²) in [5.74, 6) is -0.589. The molecule has 27 heavy (non-hydrogen) atoms. The molecule has 1 N–H and O–H groups in total. The summed E-state index contributed by atoms with van der Waals surface area (Å²) in [5, 5.41) is 0.362. The van der Waals surface area contributed by atoms with Crippen LogP contribution in [0.3, 0.4) is 0 Å². The molecule has 134 valence electrons. The molecule has 0 radical (unpaired) electrons. The molecule has 0 aliphatic carbocycles. The summed E-state index contributed by atoms with van der Waals surface area (Å²) in [6.07, 6.45) is 0. The van der Waals surface area contributed by atoms with Crippen molar-refractivity contribution in [2.24, 2.45) is 0 Å². The van der Waals surface area contributed by atoms with Gasteiger partial charge in [0.15, 0.2) is 5.16 Å². The Morgan fingerprint density at radius 1 is 0.926 bits per heavy atom. The van der Waals surface area contributed by atoms with Gasteiger partial charge in [0.1, 0.15) is 0 Å². The second-order valence-electron chi connectivity index (χ2n) is 6.07. The molecular weight excluding hydrogens is 362 g/mol. The first-order chi connectivity index (χ1) is 13.1. The number of hydrogen-bond acceptors (Lipinski definition) is 5. The van der Waals surface area contributed by atoms with Crippen molar-refractivity contribution in [3.63, 3.8) is 0 Å². The monoisotopic (exact) mass is 377 g/mol. The van der Waals surface area contributed by atoms with E-state index in [0.29, 0.717) is 27.5 Å². The number of nitrogens with zero attached hydrogens (tertiary/aromatic N) is 2. The number of aromatic nitrogens is 2. The van der Waals surface area contributed by atoms with Crippen LogP contribution < -0.4 is 5.56 Å². The summed E-state index contributed by atoms with van der Waals surface area (Å²) >= 11 is 1.15. The Morgan fingerprint density at radius 2 is 1.52 bits per heavy atom. The van der Waals surface area contributed by atoms with Crippen LogP contribution in [-0.2, 0) is 0 Å². The third-order valence-corrected chi connectivity index (χ3v) is 5.24. The van der Waals surface area contributed by atoms with Crippen LogP contribution in [0.2, 0.25) is 0 Å². The molecule has 0 unspecified atom stereocenters. The minimum Gasteiger partial charge on any atom is -0.301 e. The molecule has 6 nitrogen and oxygen atoms in total. The highest BCUT2D eigenvalue weighted by Crippen LogP contribution is 2.27. The highest BCUT2D eigenvalue weighted by Gasteiger charge is 2.35. The molecule has 2 heterocycles. The van der Waals surface area contributed by atoms with Gasteiger partial charge >= 0.3 is 0 Å². The molecular formula is C20H15N3O3S. The first kappa shape index (κ1) is 17.2. The van der Waals surface area contributed by atoms with Crippen molar-refractivity contribution in [1.29, 1.82) is 0 Å². The Bertz CT molecular complexity index is 1070. The maximum Gasteiger partial charge on any atom is 0.262 e. The molecule has 0 fully saturated rings. The Kier molecular flexibility index (Phi) is 4.37. The predicted octanol–water partition coefficient (Wildman–Crippen LogP) is 3.09. The average molecular weight is 377 g/mol. The summed E-state index contributed by atoms with van der Waals surface area (Å²) in [6.45, 7) is 1.72. The zero-order valence-electron chi connectivity index (χ0n) is 14.4. The summed E-state index contributed by atoms with van der Waals surface area (Å²) < 4.78 is 0. The normalized spacial score (nSPS) is 13.1. The van der Waals surface area contributed by atoms with Crippen molar-refractivity contribution in [3.05, 3.63) is 81.6 Å². The summed E-state index contributed by atoms with van der Waals surface area (Å²) in [6, 6.07) is 16.1. The maximum absolute atomic E-state index is 12.4. The second-order valence-corrected chi connectivity index (χ2v) is 7.00. The first-order valence-corrected chi connectivity index (χ1v) is 9.29. The van der Waals surface area contributed by atoms with Crippen LogP contribution >= 0.6 is 11.8 Å². The van der Waals surface area contributed by atoms with E-state index in [1.165, 1.54) is 0 Å². The SMILES string of the molecule is Cc1c(-c2ccccc2)nc(SCN2C(=O)c3ccccc3C2=O)[nH]c1=O. The van der Waals surface area contributed by atoms with E-state index in [0.717, 1.165) is 22.2 Å². The smallest absolute Gasteiger partial charge is 0.262 e. The highest BCUT2D eigenvalue weighted by molar-refractivity contribution is 7.99. The third-order valence-electron chi connectivity index (χ3n) is 4.39. The zero-order valence-corrected chi connectivity index (χ0v) is 15.2. The van der Waals surface area contributed by atoms with E-state index in [1.54, 1.807) is 31.2 Å². The van der Waals surface area contributed by atoms with E-state index in [4.69, 9.17) is 0 Å². The lowest BCUT2D eigenvalue weighted by Gasteiger charge is -2.13. The topological polar surface area (TPSA) is 83.1 Å². The second kappa shape index (κ2) is 6.85. The van der Waals surface area contributed by atoms with Gasteiger partial charge in [-0.25, -0.2) is 4.98 Å². The summed E-state index contributed by atoms with van der Waals surface area (Å²) in [7, 11) is 0. The lowest BCUT2D eigenvalue weighted by atomic mass is 10.1. The predicted molar refractivity (Wildman–Crippen MR) is 103 cm³/mol. The average Bonchev–Trinajstić information content (AvgIpc) is 2.94. The Labute approximate surface area is 159 Å². The van der Waals surface area contributed by atoms with E-state index < -0.39 is 0 Å². The number of aromatic amines is 1. The molecule has 1 aromatic heterocycles. The van der Waals surface area contributed by atoms with Crippen molar-refractivity contribution in [3.8, 4) is 11.3 Å². The number of amides is 2. The van der Waals surface area contributed by atoms with E-state index in [2.05, 4.69) is 9.97 Å². The van der Waals surface area contributed by atoms with Crippen LogP contribution in [0.15, 0.2) is 64.5 Å². The molecule has 0 bridgehead atoms. The molecule has 4 rings (SSSR count). The van der Waals surface area contributed by atoms with Gasteiger partial charge in [0.05, 0.1) is 22.7 Å². The van der Waals surface area contributed by atoms with Gasteiger partial charge in [0.25, 0.3) is 17.4 Å². The van der Waals surface area contributed by atoms with Gasteiger partial charge in [-0.15, -0.1) is 0 Å². The molecule has 1 aliphatic heterocycles.